The highest BCUT2D eigenvalue weighted by Crippen LogP contribution is 2.36. The molecule has 1 atom stereocenters. The van der Waals surface area contributed by atoms with E-state index in [1.807, 2.05) is 6.07 Å². The standard InChI is InChI=1S/C21H27N5O3/c1-24-19-14-3-2-12-25(13-8-10-22-11-9-13)15(14)4-5-16(19)26(21(24)29)17-6-7-18(27)23-20(17)28/h4-5,13,17,22H,2-3,6-12H2,1H3,(H,23,27,28). The number of rotatable bonds is 2. The van der Waals surface area contributed by atoms with Gasteiger partial charge in [-0.1, -0.05) is 0 Å². The lowest BCUT2D eigenvalue weighted by atomic mass is 9.95. The maximum atomic E-state index is 13.1. The van der Waals surface area contributed by atoms with Crippen LogP contribution in [0.15, 0.2) is 16.9 Å². The van der Waals surface area contributed by atoms with E-state index in [1.165, 1.54) is 11.3 Å². The van der Waals surface area contributed by atoms with Crippen molar-refractivity contribution in [3.05, 3.63) is 28.2 Å². The molecular formula is C21H27N5O3. The Kier molecular flexibility index (Phi) is 4.46. The molecule has 1 unspecified atom stereocenters. The Morgan fingerprint density at radius 3 is 2.59 bits per heavy atom. The molecule has 2 N–H and O–H groups in total. The van der Waals surface area contributed by atoms with Gasteiger partial charge in [0.15, 0.2) is 0 Å². The fourth-order valence-corrected chi connectivity index (χ4v) is 5.33. The van der Waals surface area contributed by atoms with Gasteiger partial charge in [-0.25, -0.2) is 4.79 Å². The molecule has 8 nitrogen and oxygen atoms in total. The van der Waals surface area contributed by atoms with E-state index in [2.05, 4.69) is 21.6 Å². The van der Waals surface area contributed by atoms with Crippen molar-refractivity contribution in [2.45, 2.75) is 50.6 Å². The van der Waals surface area contributed by atoms with Crippen molar-refractivity contribution in [1.82, 2.24) is 19.8 Å². The maximum Gasteiger partial charge on any atom is 0.329 e. The Balaban J connectivity index is 1.63. The van der Waals surface area contributed by atoms with Crippen molar-refractivity contribution >= 4 is 28.5 Å². The highest BCUT2D eigenvalue weighted by atomic mass is 16.2. The molecule has 29 heavy (non-hydrogen) atoms. The number of benzene rings is 1. The molecule has 5 rings (SSSR count). The number of nitrogens with zero attached hydrogens (tertiary/aromatic N) is 3. The summed E-state index contributed by atoms with van der Waals surface area (Å²) in [5.41, 5.74) is 3.96. The van der Waals surface area contributed by atoms with Crippen LogP contribution in [0.4, 0.5) is 5.69 Å². The van der Waals surface area contributed by atoms with Crippen molar-refractivity contribution in [2.24, 2.45) is 7.05 Å². The number of amides is 2. The van der Waals surface area contributed by atoms with E-state index >= 15 is 0 Å². The quantitative estimate of drug-likeness (QED) is 0.733. The Hall–Kier alpha value is -2.61. The van der Waals surface area contributed by atoms with E-state index < -0.39 is 6.04 Å². The Morgan fingerprint density at radius 2 is 1.83 bits per heavy atom. The zero-order valence-electron chi connectivity index (χ0n) is 16.7. The number of aromatic nitrogens is 2. The van der Waals surface area contributed by atoms with Crippen molar-refractivity contribution in [1.29, 1.82) is 0 Å². The lowest BCUT2D eigenvalue weighted by molar-refractivity contribution is -0.135. The summed E-state index contributed by atoms with van der Waals surface area (Å²) in [7, 11) is 1.79. The second-order valence-electron chi connectivity index (χ2n) is 8.39. The van der Waals surface area contributed by atoms with Gasteiger partial charge in [-0.05, 0) is 57.3 Å². The number of anilines is 1. The van der Waals surface area contributed by atoms with E-state index in [-0.39, 0.29) is 23.9 Å². The van der Waals surface area contributed by atoms with Gasteiger partial charge in [0.25, 0.3) is 0 Å². The van der Waals surface area contributed by atoms with Crippen LogP contribution in [0.3, 0.4) is 0 Å². The summed E-state index contributed by atoms with van der Waals surface area (Å²) in [6.45, 7) is 3.14. The Labute approximate surface area is 168 Å². The first-order chi connectivity index (χ1) is 14.1. The third-order valence-corrected chi connectivity index (χ3v) is 6.73. The van der Waals surface area contributed by atoms with Gasteiger partial charge < -0.3 is 10.2 Å². The summed E-state index contributed by atoms with van der Waals surface area (Å²) >= 11 is 0. The highest BCUT2D eigenvalue weighted by molar-refractivity contribution is 6.00. The lowest BCUT2D eigenvalue weighted by Gasteiger charge is -2.40. The van der Waals surface area contributed by atoms with Gasteiger partial charge in [0.2, 0.25) is 11.8 Å². The summed E-state index contributed by atoms with van der Waals surface area (Å²) in [5.74, 6) is -0.653. The molecular weight excluding hydrogens is 370 g/mol. The number of hydrogen-bond acceptors (Lipinski definition) is 5. The van der Waals surface area contributed by atoms with Crippen LogP contribution < -0.4 is 21.2 Å². The summed E-state index contributed by atoms with van der Waals surface area (Å²) in [6.07, 6.45) is 4.88. The molecule has 2 saturated heterocycles. The van der Waals surface area contributed by atoms with Crippen LogP contribution in [0, 0.1) is 0 Å². The Bertz CT molecular complexity index is 1050. The summed E-state index contributed by atoms with van der Waals surface area (Å²) in [5, 5.41) is 5.81. The minimum atomic E-state index is -0.633. The number of piperidine rings is 2. The number of hydrogen-bond donors (Lipinski definition) is 2. The number of aryl methyl sites for hydroxylation is 2. The topological polar surface area (TPSA) is 88.4 Å². The minimum absolute atomic E-state index is 0.193. The molecule has 2 fully saturated rings. The van der Waals surface area contributed by atoms with E-state index in [9.17, 15) is 14.4 Å². The van der Waals surface area contributed by atoms with E-state index in [1.54, 1.807) is 16.2 Å². The fraction of sp³-hybridized carbons (Fsp3) is 0.571. The molecule has 8 heteroatoms. The molecule has 0 bridgehead atoms. The van der Waals surface area contributed by atoms with Crippen LogP contribution in [0.2, 0.25) is 0 Å². The van der Waals surface area contributed by atoms with Crippen LogP contribution in [-0.2, 0) is 23.1 Å². The van der Waals surface area contributed by atoms with Crippen molar-refractivity contribution in [3.8, 4) is 0 Å². The van der Waals surface area contributed by atoms with Gasteiger partial charge in [-0.15, -0.1) is 0 Å². The first kappa shape index (κ1) is 18.4. The van der Waals surface area contributed by atoms with Gasteiger partial charge in [-0.2, -0.15) is 0 Å². The maximum absolute atomic E-state index is 13.1. The predicted octanol–water partition coefficient (Wildman–Crippen LogP) is 0.822. The number of nitrogens with one attached hydrogen (secondary N) is 2. The summed E-state index contributed by atoms with van der Waals surface area (Å²) in [6, 6.07) is 4.01. The normalized spacial score (nSPS) is 23.3. The molecule has 0 saturated carbocycles. The average molecular weight is 397 g/mol. The number of imidazole rings is 1. The SMILES string of the molecule is Cn1c(=O)n(C2CCC(=O)NC2=O)c2ccc3c(c21)CCCN3C1CCNCC1. The molecule has 4 heterocycles. The molecule has 1 aromatic carbocycles. The predicted molar refractivity (Wildman–Crippen MR) is 110 cm³/mol. The third-order valence-electron chi connectivity index (χ3n) is 6.73. The van der Waals surface area contributed by atoms with Crippen LogP contribution in [0.5, 0.6) is 0 Å². The Morgan fingerprint density at radius 1 is 1.03 bits per heavy atom. The van der Waals surface area contributed by atoms with Crippen molar-refractivity contribution < 1.29 is 9.59 Å². The smallest absolute Gasteiger partial charge is 0.329 e. The monoisotopic (exact) mass is 397 g/mol. The molecule has 2 amide bonds. The van der Waals surface area contributed by atoms with Crippen molar-refractivity contribution in [3.63, 3.8) is 0 Å². The molecule has 0 aliphatic carbocycles. The fourth-order valence-electron chi connectivity index (χ4n) is 5.33. The molecule has 0 spiro atoms. The zero-order chi connectivity index (χ0) is 20.1. The summed E-state index contributed by atoms with van der Waals surface area (Å²) in [4.78, 5) is 39.6. The minimum Gasteiger partial charge on any atom is -0.368 e. The number of imide groups is 1. The lowest BCUT2D eigenvalue weighted by Crippen LogP contribution is -2.45. The van der Waals surface area contributed by atoms with Gasteiger partial charge >= 0.3 is 5.69 Å². The second-order valence-corrected chi connectivity index (χ2v) is 8.39. The molecule has 154 valence electrons. The van der Waals surface area contributed by atoms with Crippen molar-refractivity contribution in [2.75, 3.05) is 24.5 Å². The van der Waals surface area contributed by atoms with E-state index in [0.717, 1.165) is 56.4 Å². The van der Waals surface area contributed by atoms with Gasteiger partial charge in [0.05, 0.1) is 11.0 Å². The largest absolute Gasteiger partial charge is 0.368 e. The van der Waals surface area contributed by atoms with Gasteiger partial charge in [-0.3, -0.25) is 24.0 Å². The zero-order valence-corrected chi connectivity index (χ0v) is 16.7. The third kappa shape index (κ3) is 2.88. The van der Waals surface area contributed by atoms with Crippen LogP contribution in [0.25, 0.3) is 11.0 Å². The summed E-state index contributed by atoms with van der Waals surface area (Å²) < 4.78 is 3.27. The van der Waals surface area contributed by atoms with E-state index in [0.29, 0.717) is 12.5 Å². The molecule has 1 aromatic heterocycles. The van der Waals surface area contributed by atoms with Crippen LogP contribution in [-0.4, -0.2) is 46.6 Å². The first-order valence-corrected chi connectivity index (χ1v) is 10.6. The molecule has 3 aliphatic heterocycles. The first-order valence-electron chi connectivity index (χ1n) is 10.6. The van der Waals surface area contributed by atoms with Gasteiger partial charge in [0.1, 0.15) is 6.04 Å². The van der Waals surface area contributed by atoms with E-state index in [4.69, 9.17) is 0 Å². The van der Waals surface area contributed by atoms with Crippen LogP contribution >= 0.6 is 0 Å². The van der Waals surface area contributed by atoms with Gasteiger partial charge in [0, 0.05) is 37.3 Å². The number of carbonyl (C=O) groups is 2. The van der Waals surface area contributed by atoms with Crippen LogP contribution in [0.1, 0.15) is 43.7 Å². The number of fused-ring (bicyclic) bond motifs is 3. The molecule has 0 radical (unpaired) electrons. The second kappa shape index (κ2) is 7.02. The number of carbonyl (C=O) groups excluding carboxylic acids is 2. The average Bonchev–Trinajstić information content (AvgIpc) is 2.99. The molecule has 3 aliphatic rings. The molecule has 2 aromatic rings. The highest BCUT2D eigenvalue weighted by Gasteiger charge is 2.33.